The molecule has 1 nitrogen and oxygen atoms in total. The van der Waals surface area contributed by atoms with Gasteiger partial charge in [-0.25, -0.2) is 0 Å². The van der Waals surface area contributed by atoms with Crippen molar-refractivity contribution in [2.75, 3.05) is 19.6 Å². The average molecular weight is 225 g/mol. The van der Waals surface area contributed by atoms with Crippen LogP contribution in [0.5, 0.6) is 0 Å². The third-order valence-electron chi connectivity index (χ3n) is 4.15. The summed E-state index contributed by atoms with van der Waals surface area (Å²) < 4.78 is 0. The van der Waals surface area contributed by atoms with Crippen molar-refractivity contribution in [2.24, 2.45) is 17.3 Å². The molecule has 0 aliphatic carbocycles. The van der Waals surface area contributed by atoms with Crippen molar-refractivity contribution < 1.29 is 0 Å². The first-order valence-electron chi connectivity index (χ1n) is 7.17. The molecule has 1 saturated heterocycles. The smallest absolute Gasteiger partial charge is 0.00327 e. The number of rotatable bonds is 5. The first kappa shape index (κ1) is 14.0. The molecule has 1 fully saturated rings. The molecule has 1 aliphatic heterocycles. The van der Waals surface area contributed by atoms with E-state index < -0.39 is 0 Å². The number of likely N-dealkylation sites (tertiary alicyclic amines) is 1. The van der Waals surface area contributed by atoms with Gasteiger partial charge in [0.25, 0.3) is 0 Å². The van der Waals surface area contributed by atoms with Gasteiger partial charge < -0.3 is 4.90 Å². The van der Waals surface area contributed by atoms with Gasteiger partial charge in [-0.2, -0.15) is 0 Å². The highest BCUT2D eigenvalue weighted by atomic mass is 15.1. The molecule has 1 aliphatic rings. The van der Waals surface area contributed by atoms with Crippen LogP contribution in [0.25, 0.3) is 0 Å². The number of nitrogens with zero attached hydrogens (tertiary/aromatic N) is 1. The molecule has 1 heteroatoms. The third kappa shape index (κ3) is 4.45. The zero-order valence-electron chi connectivity index (χ0n) is 12.1. The molecule has 0 spiro atoms. The molecule has 1 heterocycles. The Balaban J connectivity index is 2.31. The Morgan fingerprint density at radius 3 is 2.19 bits per heavy atom. The van der Waals surface area contributed by atoms with E-state index >= 15 is 0 Å². The summed E-state index contributed by atoms with van der Waals surface area (Å²) in [4.78, 5) is 2.69. The average Bonchev–Trinajstić information content (AvgIpc) is 2.17. The minimum Gasteiger partial charge on any atom is -0.303 e. The number of hydrogen-bond acceptors (Lipinski definition) is 1. The molecule has 0 aromatic heterocycles. The second kappa shape index (κ2) is 6.05. The highest BCUT2D eigenvalue weighted by molar-refractivity contribution is 4.79. The van der Waals surface area contributed by atoms with E-state index in [2.05, 4.69) is 39.5 Å². The van der Waals surface area contributed by atoms with Gasteiger partial charge in [0.2, 0.25) is 0 Å². The zero-order chi connectivity index (χ0) is 12.2. The molecule has 1 rings (SSSR count). The maximum atomic E-state index is 2.69. The predicted octanol–water partition coefficient (Wildman–Crippen LogP) is 4.18. The molecular formula is C15H31N. The van der Waals surface area contributed by atoms with Crippen LogP contribution >= 0.6 is 0 Å². The fourth-order valence-electron chi connectivity index (χ4n) is 3.14. The quantitative estimate of drug-likeness (QED) is 0.678. The summed E-state index contributed by atoms with van der Waals surface area (Å²) in [5.41, 5.74) is 0.513. The molecule has 0 unspecified atom stereocenters. The van der Waals surface area contributed by atoms with Crippen LogP contribution in [0, 0.1) is 17.3 Å². The topological polar surface area (TPSA) is 3.24 Å². The van der Waals surface area contributed by atoms with Crippen LogP contribution in [0.2, 0.25) is 0 Å². The van der Waals surface area contributed by atoms with Crippen molar-refractivity contribution in [3.63, 3.8) is 0 Å². The summed E-state index contributed by atoms with van der Waals surface area (Å²) in [6.07, 6.45) is 5.51. The second-order valence-electron chi connectivity index (χ2n) is 6.77. The van der Waals surface area contributed by atoms with Gasteiger partial charge in [0.15, 0.2) is 0 Å². The molecule has 0 aromatic rings. The van der Waals surface area contributed by atoms with Crippen LogP contribution in [0.4, 0.5) is 0 Å². The Morgan fingerprint density at radius 2 is 1.75 bits per heavy atom. The normalized spacial score (nSPS) is 20.6. The van der Waals surface area contributed by atoms with E-state index in [1.807, 2.05) is 0 Å². The maximum Gasteiger partial charge on any atom is 0.00327 e. The van der Waals surface area contributed by atoms with Gasteiger partial charge in [-0.15, -0.1) is 0 Å². The predicted molar refractivity (Wildman–Crippen MR) is 72.7 cm³/mol. The molecule has 0 amide bonds. The Bertz CT molecular complexity index is 188. The zero-order valence-corrected chi connectivity index (χ0v) is 12.1. The van der Waals surface area contributed by atoms with Crippen molar-refractivity contribution in [1.29, 1.82) is 0 Å². The Morgan fingerprint density at radius 1 is 1.19 bits per heavy atom. The molecule has 0 saturated carbocycles. The van der Waals surface area contributed by atoms with E-state index in [0.29, 0.717) is 5.41 Å². The van der Waals surface area contributed by atoms with Crippen LogP contribution < -0.4 is 0 Å². The van der Waals surface area contributed by atoms with Crippen molar-refractivity contribution in [1.82, 2.24) is 4.90 Å². The lowest BCUT2D eigenvalue weighted by molar-refractivity contribution is 0.109. The third-order valence-corrected chi connectivity index (χ3v) is 4.15. The van der Waals surface area contributed by atoms with E-state index in [0.717, 1.165) is 11.8 Å². The van der Waals surface area contributed by atoms with E-state index in [1.54, 1.807) is 0 Å². The van der Waals surface area contributed by atoms with E-state index in [9.17, 15) is 0 Å². The summed E-state index contributed by atoms with van der Waals surface area (Å²) in [5.74, 6) is 1.86. The van der Waals surface area contributed by atoms with Crippen LogP contribution in [0.15, 0.2) is 0 Å². The Hall–Kier alpha value is -0.0400. The second-order valence-corrected chi connectivity index (χ2v) is 6.77. The van der Waals surface area contributed by atoms with Crippen molar-refractivity contribution in [3.8, 4) is 0 Å². The molecule has 16 heavy (non-hydrogen) atoms. The number of hydrogen-bond donors (Lipinski definition) is 0. The number of piperidine rings is 1. The molecule has 0 N–H and O–H groups in total. The van der Waals surface area contributed by atoms with Crippen molar-refractivity contribution in [2.45, 2.75) is 60.3 Å². The fourth-order valence-corrected chi connectivity index (χ4v) is 3.14. The lowest BCUT2D eigenvalue weighted by Gasteiger charge is -2.38. The standard InChI is InChI=1S/C15H31N/c1-6-9-15(4,5)12-16-10-7-14(8-11-16)13(2)3/h13-14H,6-12H2,1-5H3. The minimum absolute atomic E-state index is 0.513. The van der Waals surface area contributed by atoms with E-state index in [-0.39, 0.29) is 0 Å². The van der Waals surface area contributed by atoms with Crippen LogP contribution in [-0.4, -0.2) is 24.5 Å². The van der Waals surface area contributed by atoms with Gasteiger partial charge in [-0.05, 0) is 49.6 Å². The van der Waals surface area contributed by atoms with Gasteiger partial charge >= 0.3 is 0 Å². The van der Waals surface area contributed by atoms with Crippen molar-refractivity contribution in [3.05, 3.63) is 0 Å². The molecule has 96 valence electrons. The van der Waals surface area contributed by atoms with Gasteiger partial charge in [0.1, 0.15) is 0 Å². The lowest BCUT2D eigenvalue weighted by atomic mass is 9.84. The highest BCUT2D eigenvalue weighted by Gasteiger charge is 2.26. The summed E-state index contributed by atoms with van der Waals surface area (Å²) >= 11 is 0. The van der Waals surface area contributed by atoms with E-state index in [4.69, 9.17) is 0 Å². The van der Waals surface area contributed by atoms with Gasteiger partial charge in [0.05, 0.1) is 0 Å². The molecule has 0 aromatic carbocycles. The Kier molecular flexibility index (Phi) is 5.30. The summed E-state index contributed by atoms with van der Waals surface area (Å²) in [6, 6.07) is 0. The van der Waals surface area contributed by atoms with Gasteiger partial charge in [0, 0.05) is 6.54 Å². The monoisotopic (exact) mass is 225 g/mol. The molecule has 0 radical (unpaired) electrons. The molecule has 0 bridgehead atoms. The molecule has 0 atom stereocenters. The summed E-state index contributed by atoms with van der Waals surface area (Å²) in [5, 5.41) is 0. The highest BCUT2D eigenvalue weighted by Crippen LogP contribution is 2.28. The van der Waals surface area contributed by atoms with Gasteiger partial charge in [-0.3, -0.25) is 0 Å². The molecular weight excluding hydrogens is 194 g/mol. The van der Waals surface area contributed by atoms with Gasteiger partial charge in [-0.1, -0.05) is 41.0 Å². The maximum absolute atomic E-state index is 2.69. The first-order chi connectivity index (χ1) is 7.44. The Labute approximate surface area is 103 Å². The summed E-state index contributed by atoms with van der Waals surface area (Å²) in [6.45, 7) is 15.9. The lowest BCUT2D eigenvalue weighted by Crippen LogP contribution is -2.40. The first-order valence-corrected chi connectivity index (χ1v) is 7.17. The largest absolute Gasteiger partial charge is 0.303 e. The van der Waals surface area contributed by atoms with Crippen LogP contribution in [0.3, 0.4) is 0 Å². The minimum atomic E-state index is 0.513. The van der Waals surface area contributed by atoms with Crippen LogP contribution in [0.1, 0.15) is 60.3 Å². The SMILES string of the molecule is CCCC(C)(C)CN1CCC(C(C)C)CC1. The fraction of sp³-hybridized carbons (Fsp3) is 1.00. The summed E-state index contributed by atoms with van der Waals surface area (Å²) in [7, 11) is 0. The van der Waals surface area contributed by atoms with Crippen molar-refractivity contribution >= 4 is 0 Å². The van der Waals surface area contributed by atoms with E-state index in [1.165, 1.54) is 45.3 Å². The van der Waals surface area contributed by atoms with Crippen LogP contribution in [-0.2, 0) is 0 Å².